The van der Waals surface area contributed by atoms with Gasteiger partial charge in [-0.3, -0.25) is 9.59 Å². The molecule has 168 valence electrons. The van der Waals surface area contributed by atoms with Crippen LogP contribution < -0.4 is 4.90 Å². The van der Waals surface area contributed by atoms with Gasteiger partial charge in [-0.25, -0.2) is 4.98 Å². The van der Waals surface area contributed by atoms with Crippen LogP contribution >= 0.6 is 0 Å². The molecule has 2 bridgehead atoms. The van der Waals surface area contributed by atoms with E-state index in [-0.39, 0.29) is 29.3 Å². The Bertz CT molecular complexity index is 1170. The highest BCUT2D eigenvalue weighted by Gasteiger charge is 2.72. The van der Waals surface area contributed by atoms with E-state index in [1.165, 1.54) is 0 Å². The van der Waals surface area contributed by atoms with Gasteiger partial charge in [0.15, 0.2) is 5.41 Å². The Labute approximate surface area is 188 Å². The van der Waals surface area contributed by atoms with E-state index in [4.69, 9.17) is 14.5 Å². The molecule has 0 N–H and O–H groups in total. The zero-order valence-corrected chi connectivity index (χ0v) is 19.4. The number of fused-ring (bicyclic) bond motifs is 9. The first-order valence-electron chi connectivity index (χ1n) is 11.6. The van der Waals surface area contributed by atoms with Crippen LogP contribution in [0.15, 0.2) is 30.3 Å². The predicted octanol–water partition coefficient (Wildman–Crippen LogP) is 4.39. The SMILES string of the molecule is CC1(C)CC2CC(C)(C1)C1N2c2nc3ccccc3cc2CC12C(=O)OC(C)(C)OC2=O. The van der Waals surface area contributed by atoms with Gasteiger partial charge in [0.05, 0.1) is 11.6 Å². The number of anilines is 1. The number of cyclic esters (lactones) is 2. The number of carbonyl (C=O) groups excluding carboxylic acids is 2. The van der Waals surface area contributed by atoms with Crippen LogP contribution in [0.2, 0.25) is 0 Å². The molecule has 3 unspecified atom stereocenters. The summed E-state index contributed by atoms with van der Waals surface area (Å²) in [6.45, 7) is 10.1. The summed E-state index contributed by atoms with van der Waals surface area (Å²) in [5, 5.41) is 1.01. The average molecular weight is 435 g/mol. The van der Waals surface area contributed by atoms with Gasteiger partial charge in [-0.05, 0) is 47.8 Å². The Kier molecular flexibility index (Phi) is 3.65. The van der Waals surface area contributed by atoms with Crippen molar-refractivity contribution < 1.29 is 19.1 Å². The number of hydrogen-bond donors (Lipinski definition) is 0. The maximum Gasteiger partial charge on any atom is 0.329 e. The van der Waals surface area contributed by atoms with Crippen molar-refractivity contribution in [2.45, 2.75) is 78.2 Å². The Morgan fingerprint density at radius 3 is 2.41 bits per heavy atom. The minimum atomic E-state index is -1.38. The summed E-state index contributed by atoms with van der Waals surface area (Å²) in [6.07, 6.45) is 3.13. The van der Waals surface area contributed by atoms with Crippen LogP contribution in [0.1, 0.15) is 59.4 Å². The molecule has 32 heavy (non-hydrogen) atoms. The third kappa shape index (κ3) is 2.49. The molecule has 1 aliphatic carbocycles. The van der Waals surface area contributed by atoms with Crippen LogP contribution in [0.25, 0.3) is 10.9 Å². The van der Waals surface area contributed by atoms with E-state index in [1.807, 2.05) is 24.3 Å². The molecule has 1 saturated carbocycles. The van der Waals surface area contributed by atoms with Crippen molar-refractivity contribution in [1.29, 1.82) is 0 Å². The lowest BCUT2D eigenvalue weighted by molar-refractivity contribution is -0.255. The van der Waals surface area contributed by atoms with Crippen molar-refractivity contribution in [3.05, 3.63) is 35.9 Å². The van der Waals surface area contributed by atoms with Gasteiger partial charge in [-0.15, -0.1) is 0 Å². The molecule has 1 aromatic heterocycles. The lowest BCUT2D eigenvalue weighted by Crippen LogP contribution is -2.67. The first kappa shape index (κ1) is 20.0. The average Bonchev–Trinajstić information content (AvgIpc) is 2.90. The molecule has 0 radical (unpaired) electrons. The molecule has 3 fully saturated rings. The molecule has 0 amide bonds. The summed E-state index contributed by atoms with van der Waals surface area (Å²) in [7, 11) is 0. The third-order valence-corrected chi connectivity index (χ3v) is 8.07. The zero-order chi connectivity index (χ0) is 22.7. The fourth-order valence-corrected chi connectivity index (χ4v) is 7.57. The topological polar surface area (TPSA) is 68.7 Å². The molecule has 3 atom stereocenters. The predicted molar refractivity (Wildman–Crippen MR) is 120 cm³/mol. The van der Waals surface area contributed by atoms with E-state index in [1.54, 1.807) is 13.8 Å². The van der Waals surface area contributed by atoms with Crippen LogP contribution in [0.4, 0.5) is 5.82 Å². The van der Waals surface area contributed by atoms with E-state index in [0.717, 1.165) is 41.5 Å². The van der Waals surface area contributed by atoms with Crippen molar-refractivity contribution in [2.75, 3.05) is 4.90 Å². The highest BCUT2D eigenvalue weighted by atomic mass is 16.7. The zero-order valence-electron chi connectivity index (χ0n) is 19.4. The maximum atomic E-state index is 13.7. The van der Waals surface area contributed by atoms with Crippen LogP contribution in [0.5, 0.6) is 0 Å². The largest absolute Gasteiger partial charge is 0.422 e. The Balaban J connectivity index is 1.62. The fourth-order valence-electron chi connectivity index (χ4n) is 7.57. The minimum Gasteiger partial charge on any atom is -0.422 e. The molecule has 6 rings (SSSR count). The quantitative estimate of drug-likeness (QED) is 0.453. The highest BCUT2D eigenvalue weighted by Crippen LogP contribution is 2.64. The van der Waals surface area contributed by atoms with E-state index in [0.29, 0.717) is 0 Å². The fraction of sp³-hybridized carbons (Fsp3) is 0.577. The molecule has 2 saturated heterocycles. The molecule has 6 heteroatoms. The van der Waals surface area contributed by atoms with Crippen molar-refractivity contribution in [2.24, 2.45) is 16.2 Å². The van der Waals surface area contributed by atoms with Gasteiger partial charge < -0.3 is 14.4 Å². The van der Waals surface area contributed by atoms with Crippen LogP contribution in [-0.2, 0) is 25.5 Å². The van der Waals surface area contributed by atoms with Crippen molar-refractivity contribution in [3.63, 3.8) is 0 Å². The molecule has 2 aromatic rings. The monoisotopic (exact) mass is 434 g/mol. The van der Waals surface area contributed by atoms with Crippen LogP contribution in [-0.4, -0.2) is 34.8 Å². The summed E-state index contributed by atoms with van der Waals surface area (Å²) in [5.41, 5.74) is 0.354. The molecular formula is C26H30N2O4. The van der Waals surface area contributed by atoms with Gasteiger partial charge in [0.2, 0.25) is 0 Å². The van der Waals surface area contributed by atoms with E-state index >= 15 is 0 Å². The summed E-state index contributed by atoms with van der Waals surface area (Å²) in [5.74, 6) is -1.26. The smallest absolute Gasteiger partial charge is 0.329 e. The molecule has 4 heterocycles. The number of pyridine rings is 1. The Morgan fingerprint density at radius 2 is 1.69 bits per heavy atom. The molecule has 3 aliphatic heterocycles. The van der Waals surface area contributed by atoms with Gasteiger partial charge in [-0.1, -0.05) is 39.0 Å². The second kappa shape index (κ2) is 5.83. The Morgan fingerprint density at radius 1 is 1.00 bits per heavy atom. The van der Waals surface area contributed by atoms with Crippen molar-refractivity contribution in [3.8, 4) is 0 Å². The lowest BCUT2D eigenvalue weighted by atomic mass is 9.57. The number of aromatic nitrogens is 1. The number of para-hydroxylation sites is 1. The number of esters is 2. The molecule has 1 aromatic carbocycles. The number of rotatable bonds is 0. The highest BCUT2D eigenvalue weighted by molar-refractivity contribution is 6.05. The van der Waals surface area contributed by atoms with Crippen molar-refractivity contribution >= 4 is 28.7 Å². The van der Waals surface area contributed by atoms with Crippen molar-refractivity contribution in [1.82, 2.24) is 4.98 Å². The summed E-state index contributed by atoms with van der Waals surface area (Å²) >= 11 is 0. The molecule has 1 spiro atoms. The second-order valence-corrected chi connectivity index (χ2v) is 11.9. The standard InChI is InChI=1S/C26H30N2O4/c1-23(2)12-17-13-25(5,14-23)20-26(21(29)31-24(3,4)32-22(26)30)11-16-10-15-8-6-7-9-18(15)27-19(16)28(17)20/h6-10,17,20H,11-14H2,1-5H3. The minimum absolute atomic E-state index is 0.106. The van der Waals surface area contributed by atoms with Crippen LogP contribution in [0.3, 0.4) is 0 Å². The van der Waals surface area contributed by atoms with Gasteiger partial charge in [-0.2, -0.15) is 0 Å². The molecule has 6 nitrogen and oxygen atoms in total. The van der Waals surface area contributed by atoms with Gasteiger partial charge >= 0.3 is 11.9 Å². The third-order valence-electron chi connectivity index (χ3n) is 8.07. The molecule has 4 aliphatic rings. The van der Waals surface area contributed by atoms with Crippen LogP contribution in [0, 0.1) is 16.2 Å². The van der Waals surface area contributed by atoms with Gasteiger partial charge in [0.1, 0.15) is 5.82 Å². The summed E-state index contributed by atoms with van der Waals surface area (Å²) in [6, 6.07) is 9.99. The first-order valence-corrected chi connectivity index (χ1v) is 11.6. The van der Waals surface area contributed by atoms with E-state index in [2.05, 4.69) is 31.7 Å². The maximum absolute atomic E-state index is 13.7. The number of ether oxygens (including phenoxy) is 2. The number of nitrogens with zero attached hydrogens (tertiary/aromatic N) is 2. The Hall–Kier alpha value is -2.63. The number of carbonyl (C=O) groups is 2. The summed E-state index contributed by atoms with van der Waals surface area (Å²) < 4.78 is 11.5. The lowest BCUT2D eigenvalue weighted by Gasteiger charge is -2.52. The summed E-state index contributed by atoms with van der Waals surface area (Å²) in [4.78, 5) is 34.9. The number of hydrogen-bond acceptors (Lipinski definition) is 6. The first-order chi connectivity index (χ1) is 14.9. The molecular weight excluding hydrogens is 404 g/mol. The number of benzene rings is 1. The van der Waals surface area contributed by atoms with E-state index in [9.17, 15) is 9.59 Å². The van der Waals surface area contributed by atoms with Gasteiger partial charge in [0.25, 0.3) is 5.79 Å². The normalized spacial score (nSPS) is 33.5. The van der Waals surface area contributed by atoms with Gasteiger partial charge in [0, 0.05) is 31.7 Å². The second-order valence-electron chi connectivity index (χ2n) is 11.9. The van der Waals surface area contributed by atoms with E-state index < -0.39 is 23.1 Å².